The van der Waals surface area contributed by atoms with Crippen LogP contribution in [-0.4, -0.2) is 59.5 Å². The highest BCUT2D eigenvalue weighted by atomic mass is 16.3. The average Bonchev–Trinajstić information content (AvgIpc) is 2.91. The first-order chi connectivity index (χ1) is 8.70. The van der Waals surface area contributed by atoms with Crippen LogP contribution in [0.25, 0.3) is 0 Å². The summed E-state index contributed by atoms with van der Waals surface area (Å²) in [6, 6.07) is 0. The van der Waals surface area contributed by atoms with Gasteiger partial charge in [-0.25, -0.2) is 0 Å². The minimum Gasteiger partial charge on any atom is -0.387 e. The number of nitrogens with zero attached hydrogens (tertiary/aromatic N) is 2. The van der Waals surface area contributed by atoms with Crippen LogP contribution >= 0.6 is 0 Å². The van der Waals surface area contributed by atoms with E-state index in [9.17, 15) is 9.59 Å². The quantitative estimate of drug-likeness (QED) is 0.784. The molecular weight excluding hydrogens is 232 g/mol. The fraction of sp³-hybridized carbons (Fsp3) is 0.846. The van der Waals surface area contributed by atoms with Crippen molar-refractivity contribution in [3.05, 3.63) is 0 Å². The van der Waals surface area contributed by atoms with Crippen LogP contribution in [0, 0.1) is 5.92 Å². The Balaban J connectivity index is 1.74. The zero-order valence-electron chi connectivity index (χ0n) is 10.8. The number of aliphatic hydroxyl groups excluding tert-OH is 1. The van der Waals surface area contributed by atoms with Crippen LogP contribution in [0.3, 0.4) is 0 Å². The van der Waals surface area contributed by atoms with Gasteiger partial charge in [-0.05, 0) is 18.8 Å². The molecule has 0 aromatic rings. The van der Waals surface area contributed by atoms with Crippen LogP contribution in [0.2, 0.25) is 0 Å². The first-order valence-electron chi connectivity index (χ1n) is 6.87. The molecule has 0 spiro atoms. The molecule has 0 bridgehead atoms. The van der Waals surface area contributed by atoms with Crippen LogP contribution < -0.4 is 0 Å². The summed E-state index contributed by atoms with van der Waals surface area (Å²) in [5.41, 5.74) is 0. The third-order valence-electron chi connectivity index (χ3n) is 4.06. The summed E-state index contributed by atoms with van der Waals surface area (Å²) in [4.78, 5) is 26.9. The molecular formula is C13H22N2O3. The Bertz CT molecular complexity index is 305. The predicted molar refractivity (Wildman–Crippen MR) is 66.8 cm³/mol. The molecule has 0 aromatic carbocycles. The van der Waals surface area contributed by atoms with Gasteiger partial charge in [0.15, 0.2) is 0 Å². The third-order valence-corrected chi connectivity index (χ3v) is 4.06. The van der Waals surface area contributed by atoms with Crippen LogP contribution in [0.15, 0.2) is 0 Å². The largest absolute Gasteiger partial charge is 0.387 e. The highest BCUT2D eigenvalue weighted by molar-refractivity contribution is 5.79. The molecule has 1 saturated heterocycles. The number of hydrogen-bond acceptors (Lipinski definition) is 3. The van der Waals surface area contributed by atoms with Crippen LogP contribution in [0.1, 0.15) is 32.1 Å². The fourth-order valence-electron chi connectivity index (χ4n) is 2.90. The molecule has 2 rings (SSSR count). The topological polar surface area (TPSA) is 60.9 Å². The summed E-state index contributed by atoms with van der Waals surface area (Å²) in [6.45, 7) is 1.89. The number of carbonyl (C=O) groups excluding carboxylic acids is 2. The van der Waals surface area contributed by atoms with E-state index in [0.717, 1.165) is 0 Å². The van der Waals surface area contributed by atoms with Gasteiger partial charge in [-0.3, -0.25) is 9.59 Å². The molecule has 0 unspecified atom stereocenters. The molecule has 2 amide bonds. The molecule has 1 heterocycles. The number of piperazine rings is 1. The molecule has 5 heteroatoms. The molecule has 0 aromatic heterocycles. The summed E-state index contributed by atoms with van der Waals surface area (Å²) >= 11 is 0. The van der Waals surface area contributed by atoms with E-state index in [-0.39, 0.29) is 11.8 Å². The molecule has 18 heavy (non-hydrogen) atoms. The van der Waals surface area contributed by atoms with Gasteiger partial charge >= 0.3 is 0 Å². The van der Waals surface area contributed by atoms with E-state index >= 15 is 0 Å². The van der Waals surface area contributed by atoms with Crippen molar-refractivity contribution in [3.63, 3.8) is 0 Å². The van der Waals surface area contributed by atoms with Gasteiger partial charge in [-0.2, -0.15) is 0 Å². The Hall–Kier alpha value is -1.10. The van der Waals surface area contributed by atoms with E-state index in [2.05, 4.69) is 0 Å². The molecule has 1 aliphatic heterocycles. The van der Waals surface area contributed by atoms with E-state index in [1.807, 2.05) is 4.90 Å². The van der Waals surface area contributed by atoms with Crippen LogP contribution in [0.5, 0.6) is 0 Å². The van der Waals surface area contributed by atoms with Gasteiger partial charge in [0.2, 0.25) is 11.8 Å². The van der Waals surface area contributed by atoms with Gasteiger partial charge in [0.1, 0.15) is 6.61 Å². The van der Waals surface area contributed by atoms with Crippen LogP contribution in [-0.2, 0) is 9.59 Å². The summed E-state index contributed by atoms with van der Waals surface area (Å²) in [7, 11) is 0. The molecule has 5 nitrogen and oxygen atoms in total. The third kappa shape index (κ3) is 3.22. The van der Waals surface area contributed by atoms with Crippen molar-refractivity contribution in [1.82, 2.24) is 9.80 Å². The van der Waals surface area contributed by atoms with Gasteiger partial charge in [0.05, 0.1) is 0 Å². The van der Waals surface area contributed by atoms with E-state index in [0.29, 0.717) is 38.5 Å². The van der Waals surface area contributed by atoms with Gasteiger partial charge < -0.3 is 14.9 Å². The molecule has 0 atom stereocenters. The van der Waals surface area contributed by atoms with Crippen molar-refractivity contribution in [3.8, 4) is 0 Å². The highest BCUT2D eigenvalue weighted by Gasteiger charge is 2.26. The second-order valence-corrected chi connectivity index (χ2v) is 5.27. The molecule has 2 fully saturated rings. The average molecular weight is 254 g/mol. The van der Waals surface area contributed by atoms with Gasteiger partial charge in [-0.15, -0.1) is 0 Å². The van der Waals surface area contributed by atoms with Crippen molar-refractivity contribution in [2.75, 3.05) is 32.8 Å². The van der Waals surface area contributed by atoms with Crippen molar-refractivity contribution in [2.45, 2.75) is 32.1 Å². The summed E-state index contributed by atoms with van der Waals surface area (Å²) in [5.74, 6) is 0.575. The molecule has 1 saturated carbocycles. The lowest BCUT2D eigenvalue weighted by molar-refractivity contribution is -0.141. The zero-order chi connectivity index (χ0) is 13.0. The predicted octanol–water partition coefficient (Wildman–Crippen LogP) is 0.230. The standard InChI is InChI=1S/C13H22N2O3/c16-10-13(18)15-7-5-14(6-8-15)12(17)9-11-3-1-2-4-11/h11,16H,1-10H2. The van der Waals surface area contributed by atoms with Crippen molar-refractivity contribution >= 4 is 11.8 Å². The Kier molecular flexibility index (Phi) is 4.58. The van der Waals surface area contributed by atoms with Crippen molar-refractivity contribution in [1.29, 1.82) is 0 Å². The van der Waals surface area contributed by atoms with E-state index in [4.69, 9.17) is 5.11 Å². The second kappa shape index (κ2) is 6.18. The lowest BCUT2D eigenvalue weighted by Gasteiger charge is -2.35. The van der Waals surface area contributed by atoms with E-state index < -0.39 is 6.61 Å². The molecule has 0 radical (unpaired) electrons. The Morgan fingerprint density at radius 1 is 0.944 bits per heavy atom. The fourth-order valence-corrected chi connectivity index (χ4v) is 2.90. The zero-order valence-corrected chi connectivity index (χ0v) is 10.8. The van der Waals surface area contributed by atoms with E-state index in [1.54, 1.807) is 4.90 Å². The normalized spacial score (nSPS) is 21.4. The first-order valence-corrected chi connectivity index (χ1v) is 6.87. The smallest absolute Gasteiger partial charge is 0.248 e. The number of rotatable bonds is 3. The molecule has 1 aliphatic carbocycles. The van der Waals surface area contributed by atoms with Crippen molar-refractivity contribution in [2.24, 2.45) is 5.92 Å². The van der Waals surface area contributed by atoms with E-state index in [1.165, 1.54) is 25.7 Å². The molecule has 1 N–H and O–H groups in total. The number of hydrogen-bond donors (Lipinski definition) is 1. The Morgan fingerprint density at radius 2 is 1.44 bits per heavy atom. The molecule has 2 aliphatic rings. The maximum Gasteiger partial charge on any atom is 0.248 e. The SMILES string of the molecule is O=C(CO)N1CCN(C(=O)CC2CCCC2)CC1. The number of amides is 2. The van der Waals surface area contributed by atoms with Gasteiger partial charge in [0, 0.05) is 32.6 Å². The number of carbonyl (C=O) groups is 2. The maximum absolute atomic E-state index is 12.1. The summed E-state index contributed by atoms with van der Waals surface area (Å²) in [5, 5.41) is 8.78. The lowest BCUT2D eigenvalue weighted by Crippen LogP contribution is -2.51. The second-order valence-electron chi connectivity index (χ2n) is 5.27. The summed E-state index contributed by atoms with van der Waals surface area (Å²) < 4.78 is 0. The maximum atomic E-state index is 12.1. The first kappa shape index (κ1) is 13.3. The van der Waals surface area contributed by atoms with Crippen molar-refractivity contribution < 1.29 is 14.7 Å². The highest BCUT2D eigenvalue weighted by Crippen LogP contribution is 2.28. The Morgan fingerprint density at radius 3 is 1.94 bits per heavy atom. The minimum absolute atomic E-state index is 0.234. The van der Waals surface area contributed by atoms with Gasteiger partial charge in [-0.1, -0.05) is 12.8 Å². The number of aliphatic hydroxyl groups is 1. The van der Waals surface area contributed by atoms with Crippen LogP contribution in [0.4, 0.5) is 0 Å². The molecule has 102 valence electrons. The minimum atomic E-state index is -0.435. The van der Waals surface area contributed by atoms with Gasteiger partial charge in [0.25, 0.3) is 0 Å². The monoisotopic (exact) mass is 254 g/mol. The Labute approximate surface area is 108 Å². The lowest BCUT2D eigenvalue weighted by atomic mass is 10.0. The summed E-state index contributed by atoms with van der Waals surface area (Å²) in [6.07, 6.45) is 5.57.